The molecule has 1 unspecified atom stereocenters. The molecular weight excluding hydrogens is 484 g/mol. The van der Waals surface area contributed by atoms with Gasteiger partial charge in [0.2, 0.25) is 0 Å². The van der Waals surface area contributed by atoms with Crippen molar-refractivity contribution in [3.05, 3.63) is 107 Å². The number of allylic oxidation sites excluding steroid dienone is 3. The van der Waals surface area contributed by atoms with Crippen molar-refractivity contribution in [2.24, 2.45) is 7.05 Å². The predicted octanol–water partition coefficient (Wildman–Crippen LogP) is 6.74. The first kappa shape index (κ1) is 24.9. The smallest absolute Gasteiger partial charge is 0.318 e. The number of rotatable bonds is 7. The van der Waals surface area contributed by atoms with Crippen LogP contribution >= 0.6 is 0 Å². The average molecular weight is 517 g/mol. The first-order chi connectivity index (χ1) is 18.9. The number of carboxylic acid groups (broad SMARTS) is 1. The van der Waals surface area contributed by atoms with E-state index in [4.69, 9.17) is 9.97 Å². The lowest BCUT2D eigenvalue weighted by atomic mass is 9.75. The van der Waals surface area contributed by atoms with E-state index in [2.05, 4.69) is 60.4 Å². The molecule has 5 aromatic rings. The fourth-order valence-electron chi connectivity index (χ4n) is 5.77. The van der Waals surface area contributed by atoms with Crippen molar-refractivity contribution in [1.29, 1.82) is 0 Å². The van der Waals surface area contributed by atoms with E-state index in [0.29, 0.717) is 13.0 Å². The Labute approximate surface area is 228 Å². The molecule has 2 aromatic heterocycles. The van der Waals surface area contributed by atoms with Crippen LogP contribution in [0.15, 0.2) is 85.0 Å². The number of carbonyl (C=O) groups is 1. The van der Waals surface area contributed by atoms with Crippen molar-refractivity contribution in [2.45, 2.75) is 45.1 Å². The molecule has 0 saturated heterocycles. The minimum atomic E-state index is -1.01. The Kier molecular flexibility index (Phi) is 6.18. The number of carboxylic acids is 1. The molecule has 0 amide bonds. The summed E-state index contributed by atoms with van der Waals surface area (Å²) in [5.74, 6) is 1.17. The van der Waals surface area contributed by atoms with E-state index < -0.39 is 11.4 Å². The van der Waals surface area contributed by atoms with Crippen molar-refractivity contribution >= 4 is 28.0 Å². The lowest BCUT2D eigenvalue weighted by Gasteiger charge is -2.27. The van der Waals surface area contributed by atoms with E-state index in [1.54, 1.807) is 6.08 Å². The van der Waals surface area contributed by atoms with Crippen LogP contribution in [0.25, 0.3) is 33.5 Å². The fourth-order valence-corrected chi connectivity index (χ4v) is 5.77. The van der Waals surface area contributed by atoms with Gasteiger partial charge in [-0.25, -0.2) is 9.97 Å². The number of aromatic nitrogens is 4. The van der Waals surface area contributed by atoms with Gasteiger partial charge in [-0.15, -0.1) is 0 Å². The molecule has 3 aromatic carbocycles. The number of aryl methyl sites for hydroxylation is 3. The molecule has 6 heteroatoms. The van der Waals surface area contributed by atoms with Crippen LogP contribution in [0.3, 0.4) is 0 Å². The zero-order valence-electron chi connectivity index (χ0n) is 22.6. The lowest BCUT2D eigenvalue weighted by Crippen LogP contribution is -2.34. The van der Waals surface area contributed by atoms with E-state index in [9.17, 15) is 9.90 Å². The third-order valence-corrected chi connectivity index (χ3v) is 7.90. The van der Waals surface area contributed by atoms with Gasteiger partial charge in [0, 0.05) is 25.6 Å². The topological polar surface area (TPSA) is 72.9 Å². The molecule has 0 fully saturated rings. The second-order valence-corrected chi connectivity index (χ2v) is 10.5. The number of fused-ring (bicyclic) bond motifs is 2. The van der Waals surface area contributed by atoms with Crippen LogP contribution in [-0.2, 0) is 30.2 Å². The monoisotopic (exact) mass is 516 g/mol. The SMILES string of the molecule is CCCc1nc2c(C)cc(-c3nc4ccccc4n3C)cc2n1Cc1ccc(C2(C(=O)O)C=CC=CC2)cc1. The Hall–Kier alpha value is -4.45. The second-order valence-electron chi connectivity index (χ2n) is 10.5. The average Bonchev–Trinajstić information content (AvgIpc) is 3.47. The summed E-state index contributed by atoms with van der Waals surface area (Å²) in [6.07, 6.45) is 9.77. The summed E-state index contributed by atoms with van der Waals surface area (Å²) in [4.78, 5) is 22.2. The molecule has 0 radical (unpaired) electrons. The number of benzene rings is 3. The second kappa shape index (κ2) is 9.70. The van der Waals surface area contributed by atoms with Crippen LogP contribution in [0.1, 0.15) is 42.3 Å². The van der Waals surface area contributed by atoms with Gasteiger partial charge in [-0.2, -0.15) is 0 Å². The van der Waals surface area contributed by atoms with Gasteiger partial charge in [-0.1, -0.05) is 67.6 Å². The number of aliphatic carboxylic acids is 1. The molecule has 0 bridgehead atoms. The third kappa shape index (κ3) is 4.16. The normalized spacial score (nSPS) is 16.9. The van der Waals surface area contributed by atoms with Crippen molar-refractivity contribution in [3.63, 3.8) is 0 Å². The Balaban J connectivity index is 1.42. The molecule has 6 rings (SSSR count). The van der Waals surface area contributed by atoms with E-state index in [0.717, 1.165) is 68.8 Å². The zero-order valence-corrected chi connectivity index (χ0v) is 22.6. The van der Waals surface area contributed by atoms with Crippen molar-refractivity contribution in [1.82, 2.24) is 19.1 Å². The standard InChI is InChI=1S/C33H32N4O2/c1-4-10-29-35-30-22(2)19-24(31-34-26-11-6-7-12-27(26)36(31)3)20-28(30)37(29)21-23-13-15-25(16-14-23)33(32(38)39)17-8-5-9-18-33/h5-9,11-17,19-20H,4,10,18,21H2,1-3H3,(H,38,39). The van der Waals surface area contributed by atoms with Crippen LogP contribution in [0.5, 0.6) is 0 Å². The highest BCUT2D eigenvalue weighted by Crippen LogP contribution is 2.34. The maximum absolute atomic E-state index is 12.2. The largest absolute Gasteiger partial charge is 0.480 e. The molecule has 1 aliphatic rings. The number of hydrogen-bond donors (Lipinski definition) is 1. The number of hydrogen-bond acceptors (Lipinski definition) is 3. The summed E-state index contributed by atoms with van der Waals surface area (Å²) in [6, 6.07) is 20.6. The molecule has 1 aliphatic carbocycles. The molecule has 0 saturated carbocycles. The predicted molar refractivity (Wildman–Crippen MR) is 156 cm³/mol. The molecule has 0 aliphatic heterocycles. The fraction of sp³-hybridized carbons (Fsp3) is 0.242. The highest BCUT2D eigenvalue weighted by molar-refractivity contribution is 5.87. The minimum Gasteiger partial charge on any atom is -0.480 e. The summed E-state index contributed by atoms with van der Waals surface area (Å²) in [6.45, 7) is 4.95. The van der Waals surface area contributed by atoms with Crippen LogP contribution < -0.4 is 0 Å². The quantitative estimate of drug-likeness (QED) is 0.260. The maximum atomic E-state index is 12.2. The molecule has 0 spiro atoms. The first-order valence-electron chi connectivity index (χ1n) is 13.5. The molecule has 39 heavy (non-hydrogen) atoms. The Morgan fingerprint density at radius 1 is 1.03 bits per heavy atom. The van der Waals surface area contributed by atoms with Crippen molar-refractivity contribution in [2.75, 3.05) is 0 Å². The van der Waals surface area contributed by atoms with Crippen molar-refractivity contribution in [3.8, 4) is 11.4 Å². The van der Waals surface area contributed by atoms with Gasteiger partial charge >= 0.3 is 5.97 Å². The minimum absolute atomic E-state index is 0.454. The summed E-state index contributed by atoms with van der Waals surface area (Å²) >= 11 is 0. The van der Waals surface area contributed by atoms with Gasteiger partial charge in [0.1, 0.15) is 17.1 Å². The van der Waals surface area contributed by atoms with Gasteiger partial charge in [-0.3, -0.25) is 4.79 Å². The van der Waals surface area contributed by atoms with Gasteiger partial charge < -0.3 is 14.2 Å². The maximum Gasteiger partial charge on any atom is 0.318 e. The van der Waals surface area contributed by atoms with Gasteiger partial charge in [0.25, 0.3) is 0 Å². The summed E-state index contributed by atoms with van der Waals surface area (Å²) in [5.41, 5.74) is 7.28. The molecule has 1 atom stereocenters. The lowest BCUT2D eigenvalue weighted by molar-refractivity contribution is -0.141. The zero-order chi connectivity index (χ0) is 27.1. The van der Waals surface area contributed by atoms with Crippen LogP contribution in [0, 0.1) is 6.92 Å². The Morgan fingerprint density at radius 2 is 1.82 bits per heavy atom. The van der Waals surface area contributed by atoms with Gasteiger partial charge in [0.15, 0.2) is 0 Å². The third-order valence-electron chi connectivity index (χ3n) is 7.90. The van der Waals surface area contributed by atoms with Crippen LogP contribution in [0.4, 0.5) is 0 Å². The van der Waals surface area contributed by atoms with Gasteiger partial charge in [0.05, 0.1) is 22.1 Å². The highest BCUT2D eigenvalue weighted by Gasteiger charge is 2.37. The van der Waals surface area contributed by atoms with Crippen LogP contribution in [-0.4, -0.2) is 30.2 Å². The van der Waals surface area contributed by atoms with E-state index in [1.807, 2.05) is 48.6 Å². The summed E-state index contributed by atoms with van der Waals surface area (Å²) < 4.78 is 4.46. The molecule has 6 nitrogen and oxygen atoms in total. The number of nitrogens with zero attached hydrogens (tertiary/aromatic N) is 4. The van der Waals surface area contributed by atoms with E-state index >= 15 is 0 Å². The molecule has 1 N–H and O–H groups in total. The van der Waals surface area contributed by atoms with Crippen LogP contribution in [0.2, 0.25) is 0 Å². The van der Waals surface area contributed by atoms with Gasteiger partial charge in [-0.05, 0) is 60.7 Å². The Morgan fingerprint density at radius 3 is 2.51 bits per heavy atom. The first-order valence-corrected chi connectivity index (χ1v) is 13.5. The highest BCUT2D eigenvalue weighted by atomic mass is 16.4. The summed E-state index contributed by atoms with van der Waals surface area (Å²) in [7, 11) is 2.06. The number of imidazole rings is 2. The Bertz CT molecular complexity index is 1770. The molecule has 196 valence electrons. The number of para-hydroxylation sites is 2. The summed E-state index contributed by atoms with van der Waals surface area (Å²) in [5, 5.41) is 10.0. The van der Waals surface area contributed by atoms with E-state index in [1.165, 1.54) is 0 Å². The molecule has 2 heterocycles. The van der Waals surface area contributed by atoms with Crippen molar-refractivity contribution < 1.29 is 9.90 Å². The molecular formula is C33H32N4O2. The van der Waals surface area contributed by atoms with E-state index in [-0.39, 0.29) is 0 Å².